The number of aromatic amines is 1. The van der Waals surface area contributed by atoms with Crippen molar-refractivity contribution in [2.24, 2.45) is 5.73 Å². The standard InChI is InChI=1S/C18H22N2/c1-2-3-4-8-16(19)13-10-11-18-15(12-13)14-7-5-6-9-17(14)20-18/h5-7,9-12,16,20H,2-4,8,19H2,1H3. The zero-order chi connectivity index (χ0) is 13.9. The molecule has 0 aliphatic heterocycles. The summed E-state index contributed by atoms with van der Waals surface area (Å²) in [5.74, 6) is 0. The second-order valence-electron chi connectivity index (χ2n) is 5.58. The van der Waals surface area contributed by atoms with Crippen molar-refractivity contribution in [3.8, 4) is 0 Å². The molecule has 3 rings (SSSR count). The largest absolute Gasteiger partial charge is 0.355 e. The molecule has 2 heteroatoms. The van der Waals surface area contributed by atoms with E-state index in [4.69, 9.17) is 5.73 Å². The van der Waals surface area contributed by atoms with Crippen LogP contribution in [0, 0.1) is 0 Å². The molecule has 20 heavy (non-hydrogen) atoms. The molecule has 0 aliphatic carbocycles. The summed E-state index contributed by atoms with van der Waals surface area (Å²) in [5, 5.41) is 2.56. The Balaban J connectivity index is 1.95. The minimum atomic E-state index is 0.152. The number of rotatable bonds is 5. The summed E-state index contributed by atoms with van der Waals surface area (Å²) in [6.07, 6.45) is 4.79. The first-order valence-electron chi connectivity index (χ1n) is 7.55. The van der Waals surface area contributed by atoms with E-state index in [1.54, 1.807) is 0 Å². The highest BCUT2D eigenvalue weighted by Crippen LogP contribution is 2.28. The summed E-state index contributed by atoms with van der Waals surface area (Å²) in [5.41, 5.74) is 9.96. The molecule has 0 bridgehead atoms. The van der Waals surface area contributed by atoms with Crippen molar-refractivity contribution in [3.05, 3.63) is 48.0 Å². The molecule has 3 aromatic rings. The second kappa shape index (κ2) is 5.68. The summed E-state index contributed by atoms with van der Waals surface area (Å²) in [6.45, 7) is 2.23. The van der Waals surface area contributed by atoms with E-state index in [1.807, 2.05) is 0 Å². The number of H-pyrrole nitrogens is 1. The molecule has 0 amide bonds. The van der Waals surface area contributed by atoms with Crippen molar-refractivity contribution in [3.63, 3.8) is 0 Å². The number of hydrogen-bond acceptors (Lipinski definition) is 1. The third-order valence-corrected chi connectivity index (χ3v) is 4.08. The summed E-state index contributed by atoms with van der Waals surface area (Å²) in [6, 6.07) is 15.2. The third-order valence-electron chi connectivity index (χ3n) is 4.08. The zero-order valence-corrected chi connectivity index (χ0v) is 12.0. The molecule has 0 spiro atoms. The Morgan fingerprint density at radius 3 is 2.65 bits per heavy atom. The lowest BCUT2D eigenvalue weighted by atomic mass is 9.99. The molecule has 3 N–H and O–H groups in total. The lowest BCUT2D eigenvalue weighted by molar-refractivity contribution is 0.581. The van der Waals surface area contributed by atoms with Crippen molar-refractivity contribution in [1.29, 1.82) is 0 Å². The van der Waals surface area contributed by atoms with Gasteiger partial charge < -0.3 is 10.7 Å². The molecular formula is C18H22N2. The van der Waals surface area contributed by atoms with Gasteiger partial charge in [0.2, 0.25) is 0 Å². The van der Waals surface area contributed by atoms with E-state index in [-0.39, 0.29) is 6.04 Å². The maximum absolute atomic E-state index is 6.33. The van der Waals surface area contributed by atoms with Crippen LogP contribution < -0.4 is 5.73 Å². The first-order valence-corrected chi connectivity index (χ1v) is 7.55. The van der Waals surface area contributed by atoms with Crippen molar-refractivity contribution >= 4 is 21.8 Å². The van der Waals surface area contributed by atoms with Crippen molar-refractivity contribution in [2.75, 3.05) is 0 Å². The van der Waals surface area contributed by atoms with E-state index in [9.17, 15) is 0 Å². The molecule has 1 heterocycles. The van der Waals surface area contributed by atoms with Crippen LogP contribution in [0.2, 0.25) is 0 Å². The van der Waals surface area contributed by atoms with E-state index in [1.165, 1.54) is 46.6 Å². The van der Waals surface area contributed by atoms with Gasteiger partial charge in [-0.15, -0.1) is 0 Å². The van der Waals surface area contributed by atoms with Gasteiger partial charge in [0.15, 0.2) is 0 Å². The summed E-state index contributed by atoms with van der Waals surface area (Å²) >= 11 is 0. The Kier molecular flexibility index (Phi) is 3.75. The monoisotopic (exact) mass is 266 g/mol. The van der Waals surface area contributed by atoms with Crippen LogP contribution in [0.3, 0.4) is 0 Å². The molecule has 1 unspecified atom stereocenters. The Morgan fingerprint density at radius 1 is 1.00 bits per heavy atom. The number of fused-ring (bicyclic) bond motifs is 3. The Morgan fingerprint density at radius 2 is 1.80 bits per heavy atom. The van der Waals surface area contributed by atoms with Crippen LogP contribution in [0.5, 0.6) is 0 Å². The second-order valence-corrected chi connectivity index (χ2v) is 5.58. The number of nitrogens with one attached hydrogen (secondary N) is 1. The maximum Gasteiger partial charge on any atom is 0.0465 e. The van der Waals surface area contributed by atoms with Crippen molar-refractivity contribution in [1.82, 2.24) is 4.98 Å². The van der Waals surface area contributed by atoms with E-state index in [2.05, 4.69) is 54.4 Å². The molecule has 2 nitrogen and oxygen atoms in total. The number of hydrogen-bond donors (Lipinski definition) is 2. The van der Waals surface area contributed by atoms with Crippen LogP contribution in [0.25, 0.3) is 21.8 Å². The lowest BCUT2D eigenvalue weighted by Crippen LogP contribution is -2.09. The van der Waals surface area contributed by atoms with Gasteiger partial charge in [0.05, 0.1) is 0 Å². The van der Waals surface area contributed by atoms with Gasteiger partial charge in [-0.1, -0.05) is 50.5 Å². The van der Waals surface area contributed by atoms with Gasteiger partial charge >= 0.3 is 0 Å². The molecular weight excluding hydrogens is 244 g/mol. The van der Waals surface area contributed by atoms with E-state index < -0.39 is 0 Å². The smallest absolute Gasteiger partial charge is 0.0465 e. The summed E-state index contributed by atoms with van der Waals surface area (Å²) < 4.78 is 0. The molecule has 0 radical (unpaired) electrons. The highest BCUT2D eigenvalue weighted by molar-refractivity contribution is 6.07. The number of nitrogens with two attached hydrogens (primary N) is 1. The van der Waals surface area contributed by atoms with Gasteiger partial charge in [-0.3, -0.25) is 0 Å². The minimum Gasteiger partial charge on any atom is -0.355 e. The molecule has 1 aromatic heterocycles. The number of unbranched alkanes of at least 4 members (excludes halogenated alkanes) is 2. The average Bonchev–Trinajstić information content (AvgIpc) is 2.85. The van der Waals surface area contributed by atoms with E-state index in [0.29, 0.717) is 0 Å². The Hall–Kier alpha value is -1.80. The SMILES string of the molecule is CCCCCC(N)c1ccc2[nH]c3ccccc3c2c1. The predicted molar refractivity (Wildman–Crippen MR) is 86.9 cm³/mol. The first kappa shape index (κ1) is 13.2. The van der Waals surface area contributed by atoms with E-state index in [0.717, 1.165) is 6.42 Å². The van der Waals surface area contributed by atoms with Gasteiger partial charge in [0, 0.05) is 27.8 Å². The molecule has 0 fully saturated rings. The van der Waals surface area contributed by atoms with Gasteiger partial charge in [0.1, 0.15) is 0 Å². The molecule has 2 aromatic carbocycles. The molecule has 0 saturated carbocycles. The predicted octanol–water partition coefficient (Wildman–Crippen LogP) is 4.90. The summed E-state index contributed by atoms with van der Waals surface area (Å²) in [4.78, 5) is 3.46. The summed E-state index contributed by atoms with van der Waals surface area (Å²) in [7, 11) is 0. The van der Waals surface area contributed by atoms with Crippen LogP contribution in [-0.4, -0.2) is 4.98 Å². The topological polar surface area (TPSA) is 41.8 Å². The minimum absolute atomic E-state index is 0.152. The van der Waals surface area contributed by atoms with Gasteiger partial charge in [0.25, 0.3) is 0 Å². The van der Waals surface area contributed by atoms with Crippen LogP contribution in [0.1, 0.15) is 44.2 Å². The highest BCUT2D eigenvalue weighted by atomic mass is 14.7. The number of benzene rings is 2. The fourth-order valence-corrected chi connectivity index (χ4v) is 2.88. The fourth-order valence-electron chi connectivity index (χ4n) is 2.88. The third kappa shape index (κ3) is 2.44. The normalized spacial score (nSPS) is 13.1. The van der Waals surface area contributed by atoms with Gasteiger partial charge in [-0.05, 0) is 30.2 Å². The lowest BCUT2D eigenvalue weighted by Gasteiger charge is -2.11. The van der Waals surface area contributed by atoms with Crippen LogP contribution in [0.15, 0.2) is 42.5 Å². The number of para-hydroxylation sites is 1. The van der Waals surface area contributed by atoms with Crippen LogP contribution >= 0.6 is 0 Å². The average molecular weight is 266 g/mol. The molecule has 0 saturated heterocycles. The maximum atomic E-state index is 6.33. The Bertz CT molecular complexity index is 712. The quantitative estimate of drug-likeness (QED) is 0.633. The van der Waals surface area contributed by atoms with Crippen molar-refractivity contribution < 1.29 is 0 Å². The van der Waals surface area contributed by atoms with Crippen LogP contribution in [0.4, 0.5) is 0 Å². The number of aromatic nitrogens is 1. The van der Waals surface area contributed by atoms with E-state index >= 15 is 0 Å². The Labute approximate surface area is 120 Å². The van der Waals surface area contributed by atoms with Crippen LogP contribution in [-0.2, 0) is 0 Å². The molecule has 0 aliphatic rings. The fraction of sp³-hybridized carbons (Fsp3) is 0.333. The zero-order valence-electron chi connectivity index (χ0n) is 12.0. The molecule has 1 atom stereocenters. The highest BCUT2D eigenvalue weighted by Gasteiger charge is 2.09. The van der Waals surface area contributed by atoms with Crippen molar-refractivity contribution in [2.45, 2.75) is 38.6 Å². The van der Waals surface area contributed by atoms with Gasteiger partial charge in [-0.2, -0.15) is 0 Å². The van der Waals surface area contributed by atoms with Gasteiger partial charge in [-0.25, -0.2) is 0 Å². The molecule has 104 valence electrons. The first-order chi connectivity index (χ1) is 9.79.